The molecule has 1 amide bonds. The number of rotatable bonds is 7. The summed E-state index contributed by atoms with van der Waals surface area (Å²) in [5.74, 6) is -0.526. The molecule has 2 rings (SSSR count). The van der Waals surface area contributed by atoms with Crippen molar-refractivity contribution in [1.82, 2.24) is 20.0 Å². The highest BCUT2D eigenvalue weighted by Gasteiger charge is 2.24. The zero-order valence-corrected chi connectivity index (χ0v) is 16.7. The van der Waals surface area contributed by atoms with Crippen LogP contribution in [-0.2, 0) is 6.54 Å². The van der Waals surface area contributed by atoms with E-state index in [4.69, 9.17) is 11.6 Å². The summed E-state index contributed by atoms with van der Waals surface area (Å²) < 4.78 is 14.6. The molecule has 26 heavy (non-hydrogen) atoms. The molecule has 0 aliphatic heterocycles. The summed E-state index contributed by atoms with van der Waals surface area (Å²) in [6.45, 7) is 7.71. The number of aromatic nitrogens is 2. The normalized spacial score (nSPS) is 11.8. The van der Waals surface area contributed by atoms with Crippen LogP contribution < -0.4 is 5.32 Å². The molecular formula is C19H26ClFN4O. The monoisotopic (exact) mass is 380 g/mol. The SMILES string of the molecule is Cc1nn(Cc2ccc(F)cc2)c(Cl)c1C(=O)NCC(C)(C)CN(C)C. The number of halogens is 2. The Hall–Kier alpha value is -1.92. The van der Waals surface area contributed by atoms with Gasteiger partial charge >= 0.3 is 0 Å². The number of aryl methyl sites for hydroxylation is 1. The van der Waals surface area contributed by atoms with Gasteiger partial charge in [0.2, 0.25) is 0 Å². The molecular weight excluding hydrogens is 355 g/mol. The molecule has 0 saturated carbocycles. The third-order valence-electron chi connectivity index (χ3n) is 4.01. The maximum absolute atomic E-state index is 13.0. The molecule has 1 heterocycles. The quantitative estimate of drug-likeness (QED) is 0.801. The fourth-order valence-corrected chi connectivity index (χ4v) is 3.32. The third kappa shape index (κ3) is 5.29. The molecule has 0 radical (unpaired) electrons. The van der Waals surface area contributed by atoms with Crippen LogP contribution in [0.4, 0.5) is 4.39 Å². The van der Waals surface area contributed by atoms with Crippen LogP contribution in [0.25, 0.3) is 0 Å². The van der Waals surface area contributed by atoms with E-state index in [9.17, 15) is 9.18 Å². The maximum atomic E-state index is 13.0. The van der Waals surface area contributed by atoms with Crippen molar-refractivity contribution in [2.45, 2.75) is 27.3 Å². The van der Waals surface area contributed by atoms with Crippen molar-refractivity contribution in [2.75, 3.05) is 27.2 Å². The number of carbonyl (C=O) groups excluding carboxylic acids is 1. The summed E-state index contributed by atoms with van der Waals surface area (Å²) in [5.41, 5.74) is 1.74. The van der Waals surface area contributed by atoms with Crippen molar-refractivity contribution in [3.8, 4) is 0 Å². The van der Waals surface area contributed by atoms with E-state index in [0.29, 0.717) is 24.3 Å². The van der Waals surface area contributed by atoms with Gasteiger partial charge in [-0.3, -0.25) is 4.79 Å². The van der Waals surface area contributed by atoms with E-state index in [1.54, 1.807) is 23.7 Å². The second-order valence-electron chi connectivity index (χ2n) is 7.62. The highest BCUT2D eigenvalue weighted by Crippen LogP contribution is 2.22. The summed E-state index contributed by atoms with van der Waals surface area (Å²) in [4.78, 5) is 14.7. The summed E-state index contributed by atoms with van der Waals surface area (Å²) >= 11 is 6.40. The van der Waals surface area contributed by atoms with Crippen LogP contribution in [0.5, 0.6) is 0 Å². The van der Waals surface area contributed by atoms with Gasteiger partial charge in [0.15, 0.2) is 0 Å². The molecule has 0 saturated heterocycles. The zero-order chi connectivity index (χ0) is 19.5. The number of nitrogens with one attached hydrogen (secondary N) is 1. The van der Waals surface area contributed by atoms with E-state index >= 15 is 0 Å². The molecule has 142 valence electrons. The van der Waals surface area contributed by atoms with E-state index in [-0.39, 0.29) is 22.3 Å². The topological polar surface area (TPSA) is 50.2 Å². The first-order valence-electron chi connectivity index (χ1n) is 8.49. The minimum atomic E-state index is -0.295. The molecule has 0 atom stereocenters. The van der Waals surface area contributed by atoms with E-state index < -0.39 is 0 Å². The number of carbonyl (C=O) groups is 1. The number of hydrogen-bond acceptors (Lipinski definition) is 3. The Morgan fingerprint density at radius 3 is 2.50 bits per heavy atom. The molecule has 5 nitrogen and oxygen atoms in total. The molecule has 0 bridgehead atoms. The van der Waals surface area contributed by atoms with Crippen LogP contribution in [0.2, 0.25) is 5.15 Å². The molecule has 1 aromatic carbocycles. The Labute approximate surface area is 159 Å². The standard InChI is InChI=1S/C19H26ClFN4O/c1-13-16(18(26)22-11-19(2,3)12-24(4)5)17(20)25(23-13)10-14-6-8-15(21)9-7-14/h6-9H,10-12H2,1-5H3,(H,22,26). The Morgan fingerprint density at radius 1 is 1.31 bits per heavy atom. The first-order valence-corrected chi connectivity index (χ1v) is 8.87. The van der Waals surface area contributed by atoms with E-state index in [0.717, 1.165) is 12.1 Å². The highest BCUT2D eigenvalue weighted by molar-refractivity contribution is 6.33. The van der Waals surface area contributed by atoms with Gasteiger partial charge in [0, 0.05) is 13.1 Å². The molecule has 0 fully saturated rings. The van der Waals surface area contributed by atoms with Crippen molar-refractivity contribution in [1.29, 1.82) is 0 Å². The van der Waals surface area contributed by atoms with Gasteiger partial charge in [0.25, 0.3) is 5.91 Å². The van der Waals surface area contributed by atoms with Gasteiger partial charge < -0.3 is 10.2 Å². The summed E-state index contributed by atoms with van der Waals surface area (Å²) in [6.07, 6.45) is 0. The van der Waals surface area contributed by atoms with Gasteiger partial charge in [-0.05, 0) is 44.1 Å². The lowest BCUT2D eigenvalue weighted by atomic mass is 9.93. The summed E-state index contributed by atoms with van der Waals surface area (Å²) in [5, 5.41) is 7.61. The number of nitrogens with zero attached hydrogens (tertiary/aromatic N) is 3. The summed E-state index contributed by atoms with van der Waals surface area (Å²) in [6, 6.07) is 6.12. The molecule has 7 heteroatoms. The Kier molecular flexibility index (Phi) is 6.42. The second-order valence-corrected chi connectivity index (χ2v) is 7.98. The van der Waals surface area contributed by atoms with Crippen LogP contribution in [-0.4, -0.2) is 47.8 Å². The van der Waals surface area contributed by atoms with Gasteiger partial charge in [-0.15, -0.1) is 0 Å². The lowest BCUT2D eigenvalue weighted by Gasteiger charge is -2.28. The van der Waals surface area contributed by atoms with Crippen molar-refractivity contribution in [3.05, 3.63) is 52.1 Å². The number of benzene rings is 1. The third-order valence-corrected chi connectivity index (χ3v) is 4.39. The van der Waals surface area contributed by atoms with E-state index in [2.05, 4.69) is 29.2 Å². The average Bonchev–Trinajstić information content (AvgIpc) is 2.80. The first-order chi connectivity index (χ1) is 12.1. The Bertz CT molecular complexity index is 769. The largest absolute Gasteiger partial charge is 0.351 e. The van der Waals surface area contributed by atoms with Crippen LogP contribution in [0.1, 0.15) is 35.5 Å². The minimum absolute atomic E-state index is 0.0658. The van der Waals surface area contributed by atoms with Gasteiger partial charge in [-0.25, -0.2) is 9.07 Å². The Balaban J connectivity index is 2.11. The average molecular weight is 381 g/mol. The van der Waals surface area contributed by atoms with Crippen LogP contribution in [0.15, 0.2) is 24.3 Å². The molecule has 0 aliphatic rings. The molecule has 1 aromatic heterocycles. The van der Waals surface area contributed by atoms with Crippen LogP contribution >= 0.6 is 11.6 Å². The van der Waals surface area contributed by atoms with Gasteiger partial charge in [0.05, 0.1) is 17.8 Å². The van der Waals surface area contributed by atoms with Gasteiger partial charge in [0.1, 0.15) is 11.0 Å². The first kappa shape index (κ1) is 20.4. The molecule has 0 spiro atoms. The fraction of sp³-hybridized carbons (Fsp3) is 0.474. The fourth-order valence-electron chi connectivity index (χ4n) is 3.00. The molecule has 1 N–H and O–H groups in total. The van der Waals surface area contributed by atoms with Crippen molar-refractivity contribution in [3.63, 3.8) is 0 Å². The van der Waals surface area contributed by atoms with Crippen LogP contribution in [0.3, 0.4) is 0 Å². The molecule has 0 unspecified atom stereocenters. The highest BCUT2D eigenvalue weighted by atomic mass is 35.5. The van der Waals surface area contributed by atoms with Crippen molar-refractivity contribution < 1.29 is 9.18 Å². The Morgan fingerprint density at radius 2 is 1.92 bits per heavy atom. The van der Waals surface area contributed by atoms with Crippen molar-refractivity contribution >= 4 is 17.5 Å². The minimum Gasteiger partial charge on any atom is -0.351 e. The lowest BCUT2D eigenvalue weighted by Crippen LogP contribution is -2.40. The smallest absolute Gasteiger partial charge is 0.256 e. The van der Waals surface area contributed by atoms with Crippen molar-refractivity contribution in [2.24, 2.45) is 5.41 Å². The second kappa shape index (κ2) is 8.18. The zero-order valence-electron chi connectivity index (χ0n) is 15.9. The van der Waals surface area contributed by atoms with E-state index in [1.807, 2.05) is 14.1 Å². The molecule has 2 aromatic rings. The predicted molar refractivity (Wildman–Crippen MR) is 102 cm³/mol. The maximum Gasteiger partial charge on any atom is 0.256 e. The predicted octanol–water partition coefficient (Wildman–Crippen LogP) is 3.35. The lowest BCUT2D eigenvalue weighted by molar-refractivity contribution is 0.0928. The van der Waals surface area contributed by atoms with Gasteiger partial charge in [-0.2, -0.15) is 5.10 Å². The van der Waals surface area contributed by atoms with Gasteiger partial charge in [-0.1, -0.05) is 37.6 Å². The van der Waals surface area contributed by atoms with E-state index in [1.165, 1.54) is 12.1 Å². The summed E-state index contributed by atoms with van der Waals surface area (Å²) in [7, 11) is 4.01. The molecule has 0 aliphatic carbocycles. The number of amides is 1. The van der Waals surface area contributed by atoms with Crippen LogP contribution in [0, 0.1) is 18.2 Å². The number of hydrogen-bond donors (Lipinski definition) is 1.